The summed E-state index contributed by atoms with van der Waals surface area (Å²) >= 11 is 0. The fraction of sp³-hybridized carbons (Fsp3) is 0. The number of nitrogens with one attached hydrogen (secondary N) is 1. The minimum absolute atomic E-state index is 1.05. The highest BCUT2D eigenvalue weighted by Gasteiger charge is 2.16. The van der Waals surface area contributed by atoms with Gasteiger partial charge in [0, 0.05) is 28.4 Å². The Morgan fingerprint density at radius 1 is 0.208 bits per heavy atom. The molecule has 340 valence electrons. The molecule has 0 aromatic heterocycles. The molecule has 0 fully saturated rings. The van der Waals surface area contributed by atoms with Crippen LogP contribution in [0.1, 0.15) is 0 Å². The van der Waals surface area contributed by atoms with Crippen LogP contribution >= 0.6 is 0 Å². The first kappa shape index (κ1) is 43.8. The summed E-state index contributed by atoms with van der Waals surface area (Å²) in [6.45, 7) is 0. The molecule has 12 aromatic carbocycles. The summed E-state index contributed by atoms with van der Waals surface area (Å²) < 4.78 is 0. The minimum atomic E-state index is 1.05. The zero-order chi connectivity index (χ0) is 48.1. The molecule has 0 amide bonds. The van der Waals surface area contributed by atoms with Crippen LogP contribution in [0.25, 0.3) is 88.7 Å². The molecule has 0 spiro atoms. The highest BCUT2D eigenvalue weighted by atomic mass is 15.1. The second kappa shape index (κ2) is 19.8. The second-order valence-corrected chi connectivity index (χ2v) is 18.3. The molecule has 0 saturated heterocycles. The van der Waals surface area contributed by atoms with Gasteiger partial charge in [-0.25, -0.2) is 0 Å². The fourth-order valence-corrected chi connectivity index (χ4v) is 9.87. The monoisotopic (exact) mass is 918 g/mol. The van der Waals surface area contributed by atoms with Gasteiger partial charge in [0.05, 0.1) is 0 Å². The Labute approximate surface area is 422 Å². The SMILES string of the molecule is c1ccc(-c2ccc(Nc3ccc(-c4cccc(-c5cccc(-c6cc(-c7ccc(N(c8ccc(-c9ccccc9)cc8)c8ccc(-c9ccccc9)cc8)cc7)c7ccccc7c6)c5)c4)cc3)cc2)cc1. The van der Waals surface area contributed by atoms with Crippen molar-refractivity contribution in [2.75, 3.05) is 10.2 Å². The number of rotatable bonds is 12. The quantitative estimate of drug-likeness (QED) is 0.131. The van der Waals surface area contributed by atoms with E-state index in [-0.39, 0.29) is 0 Å². The molecule has 2 heteroatoms. The molecule has 72 heavy (non-hydrogen) atoms. The average Bonchev–Trinajstić information content (AvgIpc) is 3.47. The molecule has 0 bridgehead atoms. The molecule has 1 N–H and O–H groups in total. The third-order valence-electron chi connectivity index (χ3n) is 13.7. The molecule has 12 aromatic rings. The largest absolute Gasteiger partial charge is 0.356 e. The smallest absolute Gasteiger partial charge is 0.0462 e. The third kappa shape index (κ3) is 9.33. The first-order valence-electron chi connectivity index (χ1n) is 24.6. The van der Waals surface area contributed by atoms with Gasteiger partial charge in [0.15, 0.2) is 0 Å². The number of benzene rings is 12. The first-order valence-corrected chi connectivity index (χ1v) is 24.6. The van der Waals surface area contributed by atoms with E-state index in [1.807, 2.05) is 6.07 Å². The van der Waals surface area contributed by atoms with Crippen LogP contribution in [0, 0.1) is 0 Å². The number of fused-ring (bicyclic) bond motifs is 1. The number of hydrogen-bond acceptors (Lipinski definition) is 2. The molecule has 0 atom stereocenters. The molecule has 2 nitrogen and oxygen atoms in total. The Bertz CT molecular complexity index is 3670. The first-order chi connectivity index (χ1) is 35.6. The van der Waals surface area contributed by atoms with Crippen LogP contribution in [0.2, 0.25) is 0 Å². The molecule has 0 aliphatic rings. The van der Waals surface area contributed by atoms with Crippen LogP contribution in [0.5, 0.6) is 0 Å². The number of hydrogen-bond donors (Lipinski definition) is 1. The van der Waals surface area contributed by atoms with Crippen molar-refractivity contribution in [3.63, 3.8) is 0 Å². The number of anilines is 5. The molecule has 0 aliphatic carbocycles. The average molecular weight is 919 g/mol. The normalized spacial score (nSPS) is 11.1. The summed E-state index contributed by atoms with van der Waals surface area (Å²) in [5.74, 6) is 0. The van der Waals surface area contributed by atoms with Gasteiger partial charge in [-0.15, -0.1) is 0 Å². The summed E-state index contributed by atoms with van der Waals surface area (Å²) in [6.07, 6.45) is 0. The van der Waals surface area contributed by atoms with Gasteiger partial charge in [-0.3, -0.25) is 0 Å². The van der Waals surface area contributed by atoms with Gasteiger partial charge >= 0.3 is 0 Å². The highest BCUT2D eigenvalue weighted by Crippen LogP contribution is 2.41. The van der Waals surface area contributed by atoms with Gasteiger partial charge in [-0.05, 0) is 174 Å². The maximum absolute atomic E-state index is 3.57. The van der Waals surface area contributed by atoms with Crippen LogP contribution < -0.4 is 10.2 Å². The summed E-state index contributed by atoms with van der Waals surface area (Å²) in [7, 11) is 0. The van der Waals surface area contributed by atoms with Crippen LogP contribution in [-0.4, -0.2) is 0 Å². The van der Waals surface area contributed by atoms with E-state index in [1.54, 1.807) is 0 Å². The Kier molecular flexibility index (Phi) is 12.1. The van der Waals surface area contributed by atoms with Crippen molar-refractivity contribution in [1.29, 1.82) is 0 Å². The Hall–Kier alpha value is -9.50. The molecular formula is C70H50N2. The Morgan fingerprint density at radius 3 is 0.972 bits per heavy atom. The summed E-state index contributed by atoms with van der Waals surface area (Å²) in [5, 5.41) is 6.01. The van der Waals surface area contributed by atoms with Gasteiger partial charge in [-0.2, -0.15) is 0 Å². The predicted octanol–water partition coefficient (Wildman–Crippen LogP) is 19.7. The number of nitrogens with zero attached hydrogens (tertiary/aromatic N) is 1. The lowest BCUT2D eigenvalue weighted by Gasteiger charge is -2.26. The van der Waals surface area contributed by atoms with E-state index in [0.29, 0.717) is 0 Å². The van der Waals surface area contributed by atoms with E-state index in [2.05, 4.69) is 301 Å². The lowest BCUT2D eigenvalue weighted by molar-refractivity contribution is 1.28. The standard InChI is InChI=1S/C70H50N2/c1-4-14-50(15-5-1)53-26-36-64(37-27-53)71-65-38-28-56(29-39-65)58-21-12-22-59(46-58)60-23-13-24-61(47-60)63-48-62-20-10-11-25-69(62)70(49-63)57-34-44-68(45-35-57)72(66-40-30-54(31-41-66)51-16-6-2-7-17-51)67-42-32-55(33-43-67)52-18-8-3-9-19-52/h1-49,71H. The zero-order valence-corrected chi connectivity index (χ0v) is 39.7. The van der Waals surface area contributed by atoms with Crippen molar-refractivity contribution in [1.82, 2.24) is 0 Å². The topological polar surface area (TPSA) is 15.3 Å². The zero-order valence-electron chi connectivity index (χ0n) is 39.7. The van der Waals surface area contributed by atoms with Crippen LogP contribution in [-0.2, 0) is 0 Å². The summed E-state index contributed by atoms with van der Waals surface area (Å²) in [6, 6.07) is 107. The van der Waals surface area contributed by atoms with Gasteiger partial charge in [0.2, 0.25) is 0 Å². The van der Waals surface area contributed by atoms with Crippen molar-refractivity contribution in [3.05, 3.63) is 297 Å². The molecule has 0 aliphatic heterocycles. The minimum Gasteiger partial charge on any atom is -0.356 e. The Balaban J connectivity index is 0.823. The van der Waals surface area contributed by atoms with Crippen molar-refractivity contribution in [3.8, 4) is 77.9 Å². The second-order valence-electron chi connectivity index (χ2n) is 18.3. The van der Waals surface area contributed by atoms with Gasteiger partial charge in [-0.1, -0.05) is 212 Å². The summed E-state index contributed by atoms with van der Waals surface area (Å²) in [5.41, 5.74) is 22.1. The molecular weight excluding hydrogens is 869 g/mol. The van der Waals surface area contributed by atoms with E-state index in [4.69, 9.17) is 0 Å². The highest BCUT2D eigenvalue weighted by molar-refractivity contribution is 6.00. The maximum Gasteiger partial charge on any atom is 0.0462 e. The van der Waals surface area contributed by atoms with Crippen LogP contribution in [0.15, 0.2) is 297 Å². The van der Waals surface area contributed by atoms with Crippen molar-refractivity contribution >= 4 is 39.2 Å². The van der Waals surface area contributed by atoms with E-state index >= 15 is 0 Å². The molecule has 0 unspecified atom stereocenters. The predicted molar refractivity (Wildman–Crippen MR) is 306 cm³/mol. The van der Waals surface area contributed by atoms with Gasteiger partial charge < -0.3 is 10.2 Å². The van der Waals surface area contributed by atoms with E-state index in [0.717, 1.165) is 28.4 Å². The van der Waals surface area contributed by atoms with Gasteiger partial charge in [0.1, 0.15) is 0 Å². The van der Waals surface area contributed by atoms with Crippen LogP contribution in [0.4, 0.5) is 28.4 Å². The van der Waals surface area contributed by atoms with Crippen molar-refractivity contribution < 1.29 is 0 Å². The van der Waals surface area contributed by atoms with E-state index in [1.165, 1.54) is 88.7 Å². The molecule has 0 heterocycles. The fourth-order valence-electron chi connectivity index (χ4n) is 9.87. The molecule has 0 radical (unpaired) electrons. The third-order valence-corrected chi connectivity index (χ3v) is 13.7. The van der Waals surface area contributed by atoms with Crippen LogP contribution in [0.3, 0.4) is 0 Å². The van der Waals surface area contributed by atoms with E-state index in [9.17, 15) is 0 Å². The molecule has 12 rings (SSSR count). The Morgan fingerprint density at radius 2 is 0.528 bits per heavy atom. The van der Waals surface area contributed by atoms with Crippen molar-refractivity contribution in [2.45, 2.75) is 0 Å². The lowest BCUT2D eigenvalue weighted by Crippen LogP contribution is -2.09. The van der Waals surface area contributed by atoms with Gasteiger partial charge in [0.25, 0.3) is 0 Å². The van der Waals surface area contributed by atoms with Crippen molar-refractivity contribution in [2.24, 2.45) is 0 Å². The maximum atomic E-state index is 3.57. The summed E-state index contributed by atoms with van der Waals surface area (Å²) in [4.78, 5) is 2.35. The lowest BCUT2D eigenvalue weighted by atomic mass is 9.91. The molecule has 0 saturated carbocycles. The van der Waals surface area contributed by atoms with E-state index < -0.39 is 0 Å².